The first-order chi connectivity index (χ1) is 9.85. The van der Waals surface area contributed by atoms with Gasteiger partial charge in [0.2, 0.25) is 0 Å². The van der Waals surface area contributed by atoms with E-state index >= 15 is 0 Å². The molecule has 108 valence electrons. The summed E-state index contributed by atoms with van der Waals surface area (Å²) in [6, 6.07) is 2.50. The van der Waals surface area contributed by atoms with Crippen LogP contribution in [0.4, 0.5) is 5.82 Å². The smallest absolute Gasteiger partial charge is 0.148 e. The predicted molar refractivity (Wildman–Crippen MR) is 76.4 cm³/mol. The van der Waals surface area contributed by atoms with Crippen LogP contribution < -0.4 is 5.32 Å². The van der Waals surface area contributed by atoms with Gasteiger partial charge in [-0.1, -0.05) is 12.8 Å². The molecule has 2 heterocycles. The molecule has 1 aliphatic rings. The Morgan fingerprint density at radius 3 is 3.00 bits per heavy atom. The Bertz CT molecular complexity index is 541. The van der Waals surface area contributed by atoms with Crippen LogP contribution >= 0.6 is 0 Å². The number of aromatic nitrogens is 4. The van der Waals surface area contributed by atoms with Crippen molar-refractivity contribution in [3.63, 3.8) is 0 Å². The van der Waals surface area contributed by atoms with Gasteiger partial charge in [-0.3, -0.25) is 9.36 Å². The fourth-order valence-corrected chi connectivity index (χ4v) is 2.71. The summed E-state index contributed by atoms with van der Waals surface area (Å²) in [5, 5.41) is 20.9. The second-order valence-corrected chi connectivity index (χ2v) is 5.31. The number of hydrogen-bond acceptors (Lipinski definition) is 4. The molecule has 0 amide bonds. The van der Waals surface area contributed by atoms with Crippen LogP contribution in [0.3, 0.4) is 0 Å². The van der Waals surface area contributed by atoms with Crippen molar-refractivity contribution >= 4 is 5.82 Å². The Morgan fingerprint density at radius 1 is 1.35 bits per heavy atom. The summed E-state index contributed by atoms with van der Waals surface area (Å²) in [5.74, 6) is 0.826. The van der Waals surface area contributed by atoms with Crippen LogP contribution in [0.25, 0.3) is 0 Å². The van der Waals surface area contributed by atoms with Crippen LogP contribution in [0.2, 0.25) is 0 Å². The van der Waals surface area contributed by atoms with E-state index in [2.05, 4.69) is 26.4 Å². The van der Waals surface area contributed by atoms with Crippen molar-refractivity contribution in [3.05, 3.63) is 30.2 Å². The fourth-order valence-electron chi connectivity index (χ4n) is 2.71. The van der Waals surface area contributed by atoms with E-state index in [9.17, 15) is 0 Å². The van der Waals surface area contributed by atoms with Gasteiger partial charge in [-0.05, 0) is 12.8 Å². The normalized spacial score (nSPS) is 15.8. The fraction of sp³-hybridized carbons (Fsp3) is 0.571. The molecule has 0 atom stereocenters. The molecule has 0 radical (unpaired) electrons. The van der Waals surface area contributed by atoms with Gasteiger partial charge in [0.05, 0.1) is 25.4 Å². The first kappa shape index (κ1) is 13.2. The van der Waals surface area contributed by atoms with Gasteiger partial charge in [0.1, 0.15) is 5.82 Å². The largest absolute Gasteiger partial charge is 0.394 e. The number of rotatable bonds is 6. The van der Waals surface area contributed by atoms with Crippen LogP contribution in [0.5, 0.6) is 0 Å². The molecule has 1 saturated carbocycles. The highest BCUT2D eigenvalue weighted by atomic mass is 16.3. The SMILES string of the molecule is OCCn1ccc(NCc2cnn(C3CCCC3)c2)n1. The molecule has 0 bridgehead atoms. The number of hydrogen-bond donors (Lipinski definition) is 2. The van der Waals surface area contributed by atoms with Crippen molar-refractivity contribution in [2.75, 3.05) is 11.9 Å². The quantitative estimate of drug-likeness (QED) is 0.843. The van der Waals surface area contributed by atoms with Crippen molar-refractivity contribution in [1.29, 1.82) is 0 Å². The zero-order valence-corrected chi connectivity index (χ0v) is 11.6. The third-order valence-corrected chi connectivity index (χ3v) is 3.80. The van der Waals surface area contributed by atoms with Gasteiger partial charge in [-0.25, -0.2) is 0 Å². The number of anilines is 1. The lowest BCUT2D eigenvalue weighted by Gasteiger charge is -2.08. The molecule has 0 aromatic carbocycles. The van der Waals surface area contributed by atoms with Gasteiger partial charge in [-0.2, -0.15) is 10.2 Å². The Morgan fingerprint density at radius 2 is 2.20 bits per heavy atom. The Hall–Kier alpha value is -1.82. The van der Waals surface area contributed by atoms with Crippen molar-refractivity contribution in [2.45, 2.75) is 44.8 Å². The standard InChI is InChI=1S/C14H21N5O/c20-8-7-18-6-5-14(17-18)15-9-12-10-16-19(11-12)13-3-1-2-4-13/h5-6,10-11,13,20H,1-4,7-9H2,(H,15,17). The highest BCUT2D eigenvalue weighted by Gasteiger charge is 2.17. The molecule has 2 aromatic heterocycles. The highest BCUT2D eigenvalue weighted by molar-refractivity contribution is 5.33. The van der Waals surface area contributed by atoms with E-state index in [0.29, 0.717) is 12.6 Å². The topological polar surface area (TPSA) is 67.9 Å². The summed E-state index contributed by atoms with van der Waals surface area (Å²) in [6.45, 7) is 1.36. The van der Waals surface area contributed by atoms with Crippen molar-refractivity contribution < 1.29 is 5.11 Å². The molecule has 1 fully saturated rings. The zero-order chi connectivity index (χ0) is 13.8. The maximum Gasteiger partial charge on any atom is 0.148 e. The maximum absolute atomic E-state index is 8.85. The molecule has 6 nitrogen and oxygen atoms in total. The molecular weight excluding hydrogens is 254 g/mol. The Balaban J connectivity index is 1.54. The molecule has 2 N–H and O–H groups in total. The minimum atomic E-state index is 0.106. The summed E-state index contributed by atoms with van der Waals surface area (Å²) >= 11 is 0. The highest BCUT2D eigenvalue weighted by Crippen LogP contribution is 2.28. The van der Waals surface area contributed by atoms with Crippen molar-refractivity contribution in [3.8, 4) is 0 Å². The predicted octanol–water partition coefficient (Wildman–Crippen LogP) is 1.80. The summed E-state index contributed by atoms with van der Waals surface area (Å²) in [6.07, 6.45) is 11.1. The van der Waals surface area contributed by atoms with E-state index < -0.39 is 0 Å². The summed E-state index contributed by atoms with van der Waals surface area (Å²) in [5.41, 5.74) is 1.17. The molecule has 2 aromatic rings. The molecule has 0 unspecified atom stereocenters. The minimum absolute atomic E-state index is 0.106. The lowest BCUT2D eigenvalue weighted by Crippen LogP contribution is -2.05. The Kier molecular flexibility index (Phi) is 4.01. The summed E-state index contributed by atoms with van der Waals surface area (Å²) in [7, 11) is 0. The van der Waals surface area contributed by atoms with E-state index in [1.54, 1.807) is 4.68 Å². The molecule has 1 aliphatic carbocycles. The van der Waals surface area contributed by atoms with Crippen LogP contribution in [-0.4, -0.2) is 31.3 Å². The van der Waals surface area contributed by atoms with E-state index in [4.69, 9.17) is 5.11 Å². The van der Waals surface area contributed by atoms with Gasteiger partial charge in [0, 0.05) is 30.6 Å². The average Bonchev–Trinajstić information content (AvgIpc) is 3.18. The minimum Gasteiger partial charge on any atom is -0.394 e. The number of aliphatic hydroxyl groups is 1. The van der Waals surface area contributed by atoms with E-state index in [1.807, 2.05) is 18.5 Å². The maximum atomic E-state index is 8.85. The van der Waals surface area contributed by atoms with Gasteiger partial charge < -0.3 is 10.4 Å². The van der Waals surface area contributed by atoms with E-state index in [-0.39, 0.29) is 6.61 Å². The van der Waals surface area contributed by atoms with Gasteiger partial charge in [0.15, 0.2) is 0 Å². The lowest BCUT2D eigenvalue weighted by molar-refractivity contribution is 0.269. The average molecular weight is 275 g/mol. The molecule has 20 heavy (non-hydrogen) atoms. The van der Waals surface area contributed by atoms with Crippen molar-refractivity contribution in [1.82, 2.24) is 19.6 Å². The second-order valence-electron chi connectivity index (χ2n) is 5.31. The van der Waals surface area contributed by atoms with Crippen LogP contribution in [0, 0.1) is 0 Å². The number of aliphatic hydroxyl groups excluding tert-OH is 1. The van der Waals surface area contributed by atoms with E-state index in [0.717, 1.165) is 12.4 Å². The number of nitrogens with zero attached hydrogens (tertiary/aromatic N) is 4. The van der Waals surface area contributed by atoms with Gasteiger partial charge in [0.25, 0.3) is 0 Å². The second kappa shape index (κ2) is 6.09. The van der Waals surface area contributed by atoms with E-state index in [1.165, 1.54) is 31.2 Å². The first-order valence-electron chi connectivity index (χ1n) is 7.26. The third-order valence-electron chi connectivity index (χ3n) is 3.80. The Labute approximate surface area is 118 Å². The lowest BCUT2D eigenvalue weighted by atomic mass is 10.2. The number of nitrogens with one attached hydrogen (secondary N) is 1. The molecule has 0 saturated heterocycles. The molecular formula is C14H21N5O. The van der Waals surface area contributed by atoms with Gasteiger partial charge in [-0.15, -0.1) is 0 Å². The zero-order valence-electron chi connectivity index (χ0n) is 11.6. The van der Waals surface area contributed by atoms with Gasteiger partial charge >= 0.3 is 0 Å². The monoisotopic (exact) mass is 275 g/mol. The molecule has 6 heteroatoms. The van der Waals surface area contributed by atoms with Crippen LogP contribution in [-0.2, 0) is 13.1 Å². The third kappa shape index (κ3) is 3.01. The molecule has 0 spiro atoms. The molecule has 0 aliphatic heterocycles. The molecule has 3 rings (SSSR count). The van der Waals surface area contributed by atoms with Crippen LogP contribution in [0.15, 0.2) is 24.7 Å². The van der Waals surface area contributed by atoms with Crippen LogP contribution in [0.1, 0.15) is 37.3 Å². The first-order valence-corrected chi connectivity index (χ1v) is 7.26. The summed E-state index contributed by atoms with van der Waals surface area (Å²) < 4.78 is 3.83. The summed E-state index contributed by atoms with van der Waals surface area (Å²) in [4.78, 5) is 0. The van der Waals surface area contributed by atoms with Crippen molar-refractivity contribution in [2.24, 2.45) is 0 Å².